The molecule has 3 rings (SSSR count). The van der Waals surface area contributed by atoms with Gasteiger partial charge in [-0.15, -0.1) is 0 Å². The standard InChI is InChI=1S/C17H22N2O3/c1-11(16-9-13-2-5-14(16)8-13)18-17(20)10-12-3-6-15(7-4-12)19(21)22/h3-4,6-7,11,13-14,16H,2,5,8-10H2,1H3,(H,18,20)/t11-,13-,14-,16+/m1/s1. The molecule has 4 atom stereocenters. The second-order valence-electron chi connectivity index (χ2n) is 6.80. The van der Waals surface area contributed by atoms with E-state index >= 15 is 0 Å². The zero-order valence-corrected chi connectivity index (χ0v) is 12.8. The van der Waals surface area contributed by atoms with Crippen molar-refractivity contribution in [2.24, 2.45) is 17.8 Å². The summed E-state index contributed by atoms with van der Waals surface area (Å²) in [5.74, 6) is 2.30. The predicted octanol–water partition coefficient (Wildman–Crippen LogP) is 3.08. The quantitative estimate of drug-likeness (QED) is 0.671. The van der Waals surface area contributed by atoms with Crippen molar-refractivity contribution >= 4 is 11.6 Å². The number of rotatable bonds is 5. The number of hydrogen-bond donors (Lipinski definition) is 1. The molecule has 2 saturated carbocycles. The summed E-state index contributed by atoms with van der Waals surface area (Å²) in [6, 6.07) is 6.42. The van der Waals surface area contributed by atoms with Crippen LogP contribution in [0, 0.1) is 27.9 Å². The van der Waals surface area contributed by atoms with Crippen LogP contribution in [-0.2, 0) is 11.2 Å². The average molecular weight is 302 g/mol. The fraction of sp³-hybridized carbons (Fsp3) is 0.588. The molecule has 0 heterocycles. The molecule has 1 amide bonds. The van der Waals surface area contributed by atoms with E-state index in [9.17, 15) is 14.9 Å². The summed E-state index contributed by atoms with van der Waals surface area (Å²) in [5.41, 5.74) is 0.864. The average Bonchev–Trinajstić information content (AvgIpc) is 3.10. The van der Waals surface area contributed by atoms with Crippen molar-refractivity contribution in [2.75, 3.05) is 0 Å². The van der Waals surface area contributed by atoms with Crippen molar-refractivity contribution in [3.63, 3.8) is 0 Å². The van der Waals surface area contributed by atoms with Gasteiger partial charge in [-0.05, 0) is 49.5 Å². The Morgan fingerprint density at radius 3 is 2.59 bits per heavy atom. The second-order valence-corrected chi connectivity index (χ2v) is 6.80. The van der Waals surface area contributed by atoms with Gasteiger partial charge in [0.15, 0.2) is 0 Å². The molecule has 22 heavy (non-hydrogen) atoms. The summed E-state index contributed by atoms with van der Waals surface area (Å²) in [4.78, 5) is 22.3. The highest BCUT2D eigenvalue weighted by Crippen LogP contribution is 2.49. The third-order valence-electron chi connectivity index (χ3n) is 5.34. The summed E-state index contributed by atoms with van der Waals surface area (Å²) in [6.45, 7) is 2.11. The lowest BCUT2D eigenvalue weighted by Gasteiger charge is -2.28. The van der Waals surface area contributed by atoms with Gasteiger partial charge in [-0.2, -0.15) is 0 Å². The zero-order valence-electron chi connectivity index (χ0n) is 12.8. The van der Waals surface area contributed by atoms with Gasteiger partial charge in [0, 0.05) is 18.2 Å². The molecule has 1 N–H and O–H groups in total. The maximum Gasteiger partial charge on any atom is 0.269 e. The van der Waals surface area contributed by atoms with Gasteiger partial charge in [0.05, 0.1) is 11.3 Å². The number of benzene rings is 1. The maximum atomic E-state index is 12.2. The van der Waals surface area contributed by atoms with E-state index in [1.807, 2.05) is 0 Å². The van der Waals surface area contributed by atoms with E-state index in [0.29, 0.717) is 5.92 Å². The fourth-order valence-electron chi connectivity index (χ4n) is 4.24. The smallest absolute Gasteiger partial charge is 0.269 e. The molecule has 1 aromatic rings. The number of non-ortho nitro benzene ring substituents is 1. The Labute approximate surface area is 130 Å². The summed E-state index contributed by atoms with van der Waals surface area (Å²) in [7, 11) is 0. The van der Waals surface area contributed by atoms with Crippen LogP contribution in [0.15, 0.2) is 24.3 Å². The van der Waals surface area contributed by atoms with Crippen LogP contribution < -0.4 is 5.32 Å². The molecule has 0 aromatic heterocycles. The number of carbonyl (C=O) groups is 1. The van der Waals surface area contributed by atoms with E-state index < -0.39 is 4.92 Å². The van der Waals surface area contributed by atoms with Crippen LogP contribution in [0.4, 0.5) is 5.69 Å². The predicted molar refractivity (Wildman–Crippen MR) is 83.3 cm³/mol. The van der Waals surface area contributed by atoms with Crippen molar-refractivity contribution in [2.45, 2.75) is 45.1 Å². The number of nitro groups is 1. The van der Waals surface area contributed by atoms with Gasteiger partial charge >= 0.3 is 0 Å². The summed E-state index contributed by atoms with van der Waals surface area (Å²) in [5, 5.41) is 13.7. The Balaban J connectivity index is 1.52. The second kappa shape index (κ2) is 6.07. The van der Waals surface area contributed by atoms with Gasteiger partial charge in [0.25, 0.3) is 5.69 Å². The minimum absolute atomic E-state index is 0.00382. The molecule has 0 saturated heterocycles. The van der Waals surface area contributed by atoms with Crippen LogP contribution >= 0.6 is 0 Å². The van der Waals surface area contributed by atoms with Gasteiger partial charge < -0.3 is 5.32 Å². The highest BCUT2D eigenvalue weighted by atomic mass is 16.6. The van der Waals surface area contributed by atoms with E-state index in [-0.39, 0.29) is 24.1 Å². The molecule has 2 aliphatic carbocycles. The van der Waals surface area contributed by atoms with Crippen molar-refractivity contribution in [1.29, 1.82) is 0 Å². The fourth-order valence-corrected chi connectivity index (χ4v) is 4.24. The molecule has 0 unspecified atom stereocenters. The molecule has 2 bridgehead atoms. The molecule has 118 valence electrons. The first-order valence-corrected chi connectivity index (χ1v) is 8.05. The van der Waals surface area contributed by atoms with Gasteiger partial charge in [0.2, 0.25) is 5.91 Å². The number of hydrogen-bond acceptors (Lipinski definition) is 3. The molecule has 1 aromatic carbocycles. The van der Waals surface area contributed by atoms with E-state index in [0.717, 1.165) is 17.4 Å². The maximum absolute atomic E-state index is 12.2. The third-order valence-corrected chi connectivity index (χ3v) is 5.34. The Morgan fingerprint density at radius 2 is 2.05 bits per heavy atom. The number of amides is 1. The number of fused-ring (bicyclic) bond motifs is 2. The van der Waals surface area contributed by atoms with Crippen molar-refractivity contribution in [3.05, 3.63) is 39.9 Å². The van der Waals surface area contributed by atoms with Crippen molar-refractivity contribution < 1.29 is 9.72 Å². The van der Waals surface area contributed by atoms with Gasteiger partial charge in [0.1, 0.15) is 0 Å². The molecule has 2 fully saturated rings. The van der Waals surface area contributed by atoms with E-state index in [2.05, 4.69) is 12.2 Å². The number of nitro benzene ring substituents is 1. The molecule has 5 nitrogen and oxygen atoms in total. The molecule has 0 aliphatic heterocycles. The molecular formula is C17H22N2O3. The van der Waals surface area contributed by atoms with Crippen molar-refractivity contribution in [3.8, 4) is 0 Å². The highest BCUT2D eigenvalue weighted by molar-refractivity contribution is 5.78. The van der Waals surface area contributed by atoms with Crippen LogP contribution in [0.2, 0.25) is 0 Å². The van der Waals surface area contributed by atoms with Crippen LogP contribution in [0.1, 0.15) is 38.2 Å². The third kappa shape index (κ3) is 3.13. The number of nitrogens with one attached hydrogen (secondary N) is 1. The van der Waals surface area contributed by atoms with E-state index in [1.54, 1.807) is 12.1 Å². The SMILES string of the molecule is C[C@@H](NC(=O)Cc1ccc([N+](=O)[O-])cc1)[C@@H]1C[C@@H]2CC[C@@H]1C2. The van der Waals surface area contributed by atoms with Crippen LogP contribution in [0.5, 0.6) is 0 Å². The van der Waals surface area contributed by atoms with E-state index in [1.165, 1.54) is 37.8 Å². The van der Waals surface area contributed by atoms with Crippen molar-refractivity contribution in [1.82, 2.24) is 5.32 Å². The molecule has 5 heteroatoms. The molecule has 0 spiro atoms. The first-order valence-electron chi connectivity index (χ1n) is 8.05. The number of nitrogens with zero attached hydrogens (tertiary/aromatic N) is 1. The first-order chi connectivity index (χ1) is 10.5. The van der Waals surface area contributed by atoms with Gasteiger partial charge in [-0.3, -0.25) is 14.9 Å². The minimum atomic E-state index is -0.430. The van der Waals surface area contributed by atoms with Crippen LogP contribution in [0.25, 0.3) is 0 Å². The minimum Gasteiger partial charge on any atom is -0.353 e. The topological polar surface area (TPSA) is 72.2 Å². The monoisotopic (exact) mass is 302 g/mol. The zero-order chi connectivity index (χ0) is 15.7. The Morgan fingerprint density at radius 1 is 1.32 bits per heavy atom. The molecule has 0 radical (unpaired) electrons. The lowest BCUT2D eigenvalue weighted by atomic mass is 9.84. The summed E-state index contributed by atoms with van der Waals surface area (Å²) >= 11 is 0. The molecule has 2 aliphatic rings. The Bertz CT molecular complexity index is 570. The highest BCUT2D eigenvalue weighted by Gasteiger charge is 2.42. The lowest BCUT2D eigenvalue weighted by Crippen LogP contribution is -2.40. The van der Waals surface area contributed by atoms with Crippen LogP contribution in [0.3, 0.4) is 0 Å². The lowest BCUT2D eigenvalue weighted by molar-refractivity contribution is -0.384. The first kappa shape index (κ1) is 15.0. The normalized spacial score (nSPS) is 27.6. The largest absolute Gasteiger partial charge is 0.353 e. The number of carbonyl (C=O) groups excluding carboxylic acids is 1. The summed E-state index contributed by atoms with van der Waals surface area (Å²) in [6.07, 6.45) is 5.56. The van der Waals surface area contributed by atoms with E-state index in [4.69, 9.17) is 0 Å². The Kier molecular flexibility index (Phi) is 4.14. The molecular weight excluding hydrogens is 280 g/mol. The van der Waals surface area contributed by atoms with Gasteiger partial charge in [-0.25, -0.2) is 0 Å². The Hall–Kier alpha value is -1.91. The van der Waals surface area contributed by atoms with Crippen LogP contribution in [-0.4, -0.2) is 16.9 Å². The summed E-state index contributed by atoms with van der Waals surface area (Å²) < 4.78 is 0. The van der Waals surface area contributed by atoms with Gasteiger partial charge in [-0.1, -0.05) is 18.6 Å².